The molecule has 9 heteroatoms. The number of aromatic nitrogens is 1. The van der Waals surface area contributed by atoms with Gasteiger partial charge in [-0.05, 0) is 55.3 Å². The first-order valence-corrected chi connectivity index (χ1v) is 12.3. The fourth-order valence-electron chi connectivity index (χ4n) is 4.23. The van der Waals surface area contributed by atoms with Gasteiger partial charge in [0.25, 0.3) is 5.56 Å². The van der Waals surface area contributed by atoms with Gasteiger partial charge in [-0.3, -0.25) is 14.2 Å². The first-order chi connectivity index (χ1) is 16.2. The highest BCUT2D eigenvalue weighted by Crippen LogP contribution is 2.37. The molecule has 34 heavy (non-hydrogen) atoms. The molecule has 174 valence electrons. The van der Waals surface area contributed by atoms with Crippen molar-refractivity contribution in [2.75, 3.05) is 25.8 Å². The smallest absolute Gasteiger partial charge is 0.271 e. The van der Waals surface area contributed by atoms with Gasteiger partial charge in [0, 0.05) is 35.5 Å². The Morgan fingerprint density at radius 2 is 1.88 bits per heavy atom. The maximum atomic E-state index is 13.7. The Balaban J connectivity index is 1.70. The minimum absolute atomic E-state index is 0.101. The van der Waals surface area contributed by atoms with Crippen LogP contribution in [-0.2, 0) is 4.79 Å². The molecule has 0 radical (unpaired) electrons. The van der Waals surface area contributed by atoms with E-state index in [9.17, 15) is 9.59 Å². The lowest BCUT2D eigenvalue weighted by Crippen LogP contribution is -2.39. The van der Waals surface area contributed by atoms with Crippen LogP contribution in [0, 0.1) is 0 Å². The lowest BCUT2D eigenvalue weighted by molar-refractivity contribution is -0.114. The molecule has 1 atom stereocenters. The van der Waals surface area contributed by atoms with Crippen LogP contribution in [0.3, 0.4) is 0 Å². The number of thiazole rings is 1. The van der Waals surface area contributed by atoms with Crippen molar-refractivity contribution >= 4 is 44.8 Å². The highest BCUT2D eigenvalue weighted by atomic mass is 79.9. The number of anilines is 1. The Labute approximate surface area is 208 Å². The van der Waals surface area contributed by atoms with Crippen LogP contribution in [0.1, 0.15) is 31.0 Å². The van der Waals surface area contributed by atoms with Gasteiger partial charge in [-0.1, -0.05) is 39.4 Å². The molecule has 3 heterocycles. The molecule has 2 aliphatic rings. The average molecular weight is 540 g/mol. The number of allylic oxidation sites excluding steroid dienone is 2. The van der Waals surface area contributed by atoms with Crippen molar-refractivity contribution in [2.45, 2.75) is 19.9 Å². The monoisotopic (exact) mass is 539 g/mol. The molecule has 0 N–H and O–H groups in total. The van der Waals surface area contributed by atoms with Crippen LogP contribution in [0.25, 0.3) is 6.08 Å². The van der Waals surface area contributed by atoms with Crippen molar-refractivity contribution in [3.8, 4) is 11.5 Å². The zero-order valence-electron chi connectivity index (χ0n) is 19.1. The first kappa shape index (κ1) is 22.6. The number of carbonyl (C=O) groups excluding carboxylic acids is 1. The van der Waals surface area contributed by atoms with Gasteiger partial charge < -0.3 is 14.4 Å². The molecule has 0 fully saturated rings. The lowest BCUT2D eigenvalue weighted by atomic mass is 9.93. The third-order valence-electron chi connectivity index (χ3n) is 5.90. The summed E-state index contributed by atoms with van der Waals surface area (Å²) in [6.45, 7) is 3.52. The fraction of sp³-hybridized carbons (Fsp3) is 0.240. The van der Waals surface area contributed by atoms with E-state index in [1.807, 2.05) is 68.4 Å². The van der Waals surface area contributed by atoms with Crippen molar-refractivity contribution in [1.29, 1.82) is 0 Å². The van der Waals surface area contributed by atoms with E-state index in [1.165, 1.54) is 18.3 Å². The number of rotatable bonds is 4. The summed E-state index contributed by atoms with van der Waals surface area (Å²) >= 11 is 4.86. The average Bonchev–Trinajstić information content (AvgIpc) is 3.36. The Hall–Kier alpha value is -3.17. The van der Waals surface area contributed by atoms with Crippen LogP contribution < -0.4 is 29.3 Å². The van der Waals surface area contributed by atoms with Crippen LogP contribution >= 0.6 is 27.3 Å². The number of halogens is 1. The molecule has 0 spiro atoms. The van der Waals surface area contributed by atoms with E-state index >= 15 is 0 Å². The number of Topliss-reactive ketones (excluding diaryl/α,β-unsaturated/α-hetero) is 1. The number of ketones is 1. The number of hydrogen-bond acceptors (Lipinski definition) is 7. The zero-order chi connectivity index (χ0) is 24.1. The van der Waals surface area contributed by atoms with Gasteiger partial charge >= 0.3 is 0 Å². The van der Waals surface area contributed by atoms with Gasteiger partial charge in [0.15, 0.2) is 22.1 Å². The molecule has 7 nitrogen and oxygen atoms in total. The van der Waals surface area contributed by atoms with Crippen LogP contribution in [-0.4, -0.2) is 31.2 Å². The Kier molecular flexibility index (Phi) is 5.69. The first-order valence-electron chi connectivity index (χ1n) is 10.6. The van der Waals surface area contributed by atoms with E-state index in [-0.39, 0.29) is 18.1 Å². The van der Waals surface area contributed by atoms with Crippen molar-refractivity contribution in [1.82, 2.24) is 4.57 Å². The number of hydrogen-bond donors (Lipinski definition) is 0. The van der Waals surface area contributed by atoms with Crippen LogP contribution in [0.5, 0.6) is 11.5 Å². The van der Waals surface area contributed by atoms with E-state index in [2.05, 4.69) is 20.9 Å². The van der Waals surface area contributed by atoms with Crippen LogP contribution in [0.15, 0.2) is 61.9 Å². The molecule has 0 saturated heterocycles. The number of benzene rings is 2. The summed E-state index contributed by atoms with van der Waals surface area (Å²) in [5, 5.41) is 0. The number of nitrogens with zero attached hydrogens (tertiary/aromatic N) is 3. The Morgan fingerprint density at radius 1 is 1.21 bits per heavy atom. The molecule has 0 unspecified atom stereocenters. The summed E-state index contributed by atoms with van der Waals surface area (Å²) in [5.41, 5.74) is 3.66. The van der Waals surface area contributed by atoms with Crippen molar-refractivity contribution < 1.29 is 14.3 Å². The number of fused-ring (bicyclic) bond motifs is 2. The molecule has 1 aromatic heterocycles. The van der Waals surface area contributed by atoms with Crippen molar-refractivity contribution in [2.24, 2.45) is 4.99 Å². The molecular weight excluding hydrogens is 518 g/mol. The second-order valence-electron chi connectivity index (χ2n) is 8.35. The normalized spacial score (nSPS) is 17.0. The molecule has 0 saturated carbocycles. The third-order valence-corrected chi connectivity index (χ3v) is 7.57. The SMILES string of the molecule is CC(=O)C1=C(C)N=c2s/c(=C/c3cc4c(cc3Br)OCO4)c(=O)n2[C@H]1c1ccc(N(C)C)cc1. The third kappa shape index (κ3) is 3.78. The van der Waals surface area contributed by atoms with Crippen molar-refractivity contribution in [3.63, 3.8) is 0 Å². The van der Waals surface area contributed by atoms with Gasteiger partial charge in [-0.2, -0.15) is 0 Å². The lowest BCUT2D eigenvalue weighted by Gasteiger charge is -2.25. The summed E-state index contributed by atoms with van der Waals surface area (Å²) in [7, 11) is 3.94. The number of ether oxygens (including phenoxy) is 2. The van der Waals surface area contributed by atoms with Gasteiger partial charge in [-0.15, -0.1) is 0 Å². The largest absolute Gasteiger partial charge is 0.454 e. The molecule has 5 rings (SSSR count). The number of carbonyl (C=O) groups is 1. The highest BCUT2D eigenvalue weighted by molar-refractivity contribution is 9.10. The molecule has 0 aliphatic carbocycles. The van der Waals surface area contributed by atoms with E-state index in [0.717, 1.165) is 21.3 Å². The second-order valence-corrected chi connectivity index (χ2v) is 10.2. The van der Waals surface area contributed by atoms with E-state index < -0.39 is 6.04 Å². The van der Waals surface area contributed by atoms with Gasteiger partial charge in [0.05, 0.1) is 10.6 Å². The molecule has 2 aromatic carbocycles. The maximum Gasteiger partial charge on any atom is 0.271 e. The Morgan fingerprint density at radius 3 is 2.53 bits per heavy atom. The van der Waals surface area contributed by atoms with E-state index in [4.69, 9.17) is 9.47 Å². The van der Waals surface area contributed by atoms with Crippen molar-refractivity contribution in [3.05, 3.63) is 83.0 Å². The molecule has 0 amide bonds. The zero-order valence-corrected chi connectivity index (χ0v) is 21.5. The summed E-state index contributed by atoms with van der Waals surface area (Å²) in [5.74, 6) is 1.19. The molecular formula is C25H22BrN3O4S. The van der Waals surface area contributed by atoms with Gasteiger partial charge in [0.2, 0.25) is 6.79 Å². The van der Waals surface area contributed by atoms with Crippen LogP contribution in [0.4, 0.5) is 5.69 Å². The highest BCUT2D eigenvalue weighted by Gasteiger charge is 2.30. The summed E-state index contributed by atoms with van der Waals surface area (Å²) in [4.78, 5) is 33.5. The predicted octanol–water partition coefficient (Wildman–Crippen LogP) is 3.38. The minimum atomic E-state index is -0.535. The summed E-state index contributed by atoms with van der Waals surface area (Å²) in [6, 6.07) is 11.0. The van der Waals surface area contributed by atoms with E-state index in [0.29, 0.717) is 32.1 Å². The topological polar surface area (TPSA) is 73.1 Å². The quantitative estimate of drug-likeness (QED) is 0.508. The van der Waals surface area contributed by atoms with Gasteiger partial charge in [0.1, 0.15) is 0 Å². The summed E-state index contributed by atoms with van der Waals surface area (Å²) < 4.78 is 13.9. The van der Waals surface area contributed by atoms with E-state index in [1.54, 1.807) is 4.57 Å². The molecule has 2 aliphatic heterocycles. The predicted molar refractivity (Wildman–Crippen MR) is 135 cm³/mol. The minimum Gasteiger partial charge on any atom is -0.454 e. The summed E-state index contributed by atoms with van der Waals surface area (Å²) in [6.07, 6.45) is 1.81. The van der Waals surface area contributed by atoms with Gasteiger partial charge in [-0.25, -0.2) is 4.99 Å². The van der Waals surface area contributed by atoms with Crippen LogP contribution in [0.2, 0.25) is 0 Å². The molecule has 0 bridgehead atoms. The fourth-order valence-corrected chi connectivity index (χ4v) is 5.70. The maximum absolute atomic E-state index is 13.7. The Bertz CT molecular complexity index is 1530. The molecule has 3 aromatic rings. The second kappa shape index (κ2) is 8.56. The standard InChI is InChI=1S/C25H22BrN3O4S/c1-13-22(14(2)30)23(15-5-7-17(8-6-15)28(3)4)29-24(31)21(34-25(29)27-13)10-16-9-19-20(11-18(16)26)33-12-32-19/h5-11,23H,12H2,1-4H3/b21-10+/t23-/m0/s1.